The lowest BCUT2D eigenvalue weighted by Gasteiger charge is -2.22. The molecule has 1 aromatic carbocycles. The SMILES string of the molecule is CCCNCc1ccc(COCC2CCCCO2)c(Br)c1. The molecule has 118 valence electrons. The van der Waals surface area contributed by atoms with E-state index in [4.69, 9.17) is 9.47 Å². The fraction of sp³-hybridized carbons (Fsp3) is 0.647. The van der Waals surface area contributed by atoms with Crippen molar-refractivity contribution in [2.45, 2.75) is 51.9 Å². The highest BCUT2D eigenvalue weighted by Gasteiger charge is 2.14. The van der Waals surface area contributed by atoms with Crippen molar-refractivity contribution < 1.29 is 9.47 Å². The van der Waals surface area contributed by atoms with Crippen LogP contribution in [0.25, 0.3) is 0 Å². The van der Waals surface area contributed by atoms with Crippen molar-refractivity contribution in [1.82, 2.24) is 5.32 Å². The Hall–Kier alpha value is -0.420. The van der Waals surface area contributed by atoms with Crippen LogP contribution in [-0.4, -0.2) is 25.9 Å². The van der Waals surface area contributed by atoms with E-state index in [0.29, 0.717) is 13.2 Å². The van der Waals surface area contributed by atoms with Crippen LogP contribution in [0, 0.1) is 0 Å². The van der Waals surface area contributed by atoms with E-state index in [1.807, 2.05) is 0 Å². The molecule has 1 unspecified atom stereocenters. The summed E-state index contributed by atoms with van der Waals surface area (Å²) in [6, 6.07) is 6.50. The molecule has 4 heteroatoms. The van der Waals surface area contributed by atoms with Gasteiger partial charge in [0, 0.05) is 17.6 Å². The fourth-order valence-electron chi connectivity index (χ4n) is 2.47. The van der Waals surface area contributed by atoms with Gasteiger partial charge in [0.05, 0.1) is 19.3 Å². The zero-order valence-electron chi connectivity index (χ0n) is 12.9. The molecule has 1 aliphatic rings. The van der Waals surface area contributed by atoms with E-state index in [9.17, 15) is 0 Å². The summed E-state index contributed by atoms with van der Waals surface area (Å²) in [7, 11) is 0. The van der Waals surface area contributed by atoms with Crippen LogP contribution >= 0.6 is 15.9 Å². The predicted octanol–water partition coefficient (Wildman–Crippen LogP) is 4.03. The zero-order valence-corrected chi connectivity index (χ0v) is 14.5. The Morgan fingerprint density at radius 1 is 1.38 bits per heavy atom. The van der Waals surface area contributed by atoms with Gasteiger partial charge in [-0.1, -0.05) is 35.0 Å². The molecule has 1 heterocycles. The first-order chi connectivity index (χ1) is 10.3. The molecule has 3 nitrogen and oxygen atoms in total. The molecular formula is C17H26BrNO2. The normalized spacial score (nSPS) is 18.9. The number of halogens is 1. The first-order valence-electron chi connectivity index (χ1n) is 7.97. The van der Waals surface area contributed by atoms with Gasteiger partial charge in [-0.15, -0.1) is 0 Å². The average molecular weight is 356 g/mol. The van der Waals surface area contributed by atoms with Crippen LogP contribution in [0.2, 0.25) is 0 Å². The molecule has 0 amide bonds. The molecule has 1 aliphatic heterocycles. The highest BCUT2D eigenvalue weighted by Crippen LogP contribution is 2.20. The number of hydrogen-bond acceptors (Lipinski definition) is 3. The Morgan fingerprint density at radius 3 is 3.00 bits per heavy atom. The van der Waals surface area contributed by atoms with Gasteiger partial charge in [0.15, 0.2) is 0 Å². The third-order valence-electron chi connectivity index (χ3n) is 3.71. The van der Waals surface area contributed by atoms with Crippen molar-refractivity contribution in [2.75, 3.05) is 19.8 Å². The molecule has 0 saturated carbocycles. The van der Waals surface area contributed by atoms with Crippen LogP contribution in [-0.2, 0) is 22.6 Å². The van der Waals surface area contributed by atoms with Crippen LogP contribution in [0.4, 0.5) is 0 Å². The number of ether oxygens (including phenoxy) is 2. The van der Waals surface area contributed by atoms with E-state index in [0.717, 1.165) is 37.0 Å². The minimum absolute atomic E-state index is 0.287. The third-order valence-corrected chi connectivity index (χ3v) is 4.45. The quantitative estimate of drug-likeness (QED) is 0.714. The minimum Gasteiger partial charge on any atom is -0.376 e. The maximum absolute atomic E-state index is 5.81. The van der Waals surface area contributed by atoms with Crippen molar-refractivity contribution in [3.8, 4) is 0 Å². The molecule has 1 atom stereocenters. The Bertz CT molecular complexity index is 419. The molecule has 1 N–H and O–H groups in total. The van der Waals surface area contributed by atoms with Crippen LogP contribution < -0.4 is 5.32 Å². The number of rotatable bonds is 8. The first-order valence-corrected chi connectivity index (χ1v) is 8.76. The maximum Gasteiger partial charge on any atom is 0.0808 e. The van der Waals surface area contributed by atoms with E-state index in [1.165, 1.54) is 24.0 Å². The van der Waals surface area contributed by atoms with Crippen LogP contribution in [0.3, 0.4) is 0 Å². The van der Waals surface area contributed by atoms with Gasteiger partial charge in [-0.2, -0.15) is 0 Å². The second-order valence-corrected chi connectivity index (χ2v) is 6.46. The lowest BCUT2D eigenvalue weighted by molar-refractivity contribution is -0.0448. The second-order valence-electron chi connectivity index (χ2n) is 5.61. The second kappa shape index (κ2) is 9.57. The Balaban J connectivity index is 1.74. The third kappa shape index (κ3) is 6.07. The average Bonchev–Trinajstić information content (AvgIpc) is 2.51. The Morgan fingerprint density at radius 2 is 2.29 bits per heavy atom. The van der Waals surface area contributed by atoms with E-state index in [-0.39, 0.29) is 6.10 Å². The number of hydrogen-bond donors (Lipinski definition) is 1. The van der Waals surface area contributed by atoms with Gasteiger partial charge in [-0.3, -0.25) is 0 Å². The molecule has 1 saturated heterocycles. The molecule has 0 aromatic heterocycles. The summed E-state index contributed by atoms with van der Waals surface area (Å²) in [5.74, 6) is 0. The molecule has 1 aromatic rings. The molecule has 0 bridgehead atoms. The molecule has 1 fully saturated rings. The number of benzene rings is 1. The van der Waals surface area contributed by atoms with Gasteiger partial charge in [-0.05, 0) is 49.4 Å². The first kappa shape index (κ1) is 16.9. The smallest absolute Gasteiger partial charge is 0.0808 e. The summed E-state index contributed by atoms with van der Waals surface area (Å²) >= 11 is 3.64. The van der Waals surface area contributed by atoms with Gasteiger partial charge in [0.2, 0.25) is 0 Å². The van der Waals surface area contributed by atoms with Crippen molar-refractivity contribution in [3.63, 3.8) is 0 Å². The summed E-state index contributed by atoms with van der Waals surface area (Å²) in [6.07, 6.45) is 5.03. The zero-order chi connectivity index (χ0) is 14.9. The van der Waals surface area contributed by atoms with E-state index in [2.05, 4.69) is 46.4 Å². The standard InChI is InChI=1S/C17H26BrNO2/c1-2-8-19-11-14-6-7-15(17(18)10-14)12-20-13-16-5-3-4-9-21-16/h6-7,10,16,19H,2-5,8-9,11-13H2,1H3. The van der Waals surface area contributed by atoms with Gasteiger partial charge in [-0.25, -0.2) is 0 Å². The highest BCUT2D eigenvalue weighted by atomic mass is 79.9. The lowest BCUT2D eigenvalue weighted by atomic mass is 10.1. The molecular weight excluding hydrogens is 330 g/mol. The van der Waals surface area contributed by atoms with E-state index < -0.39 is 0 Å². The lowest BCUT2D eigenvalue weighted by Crippen LogP contribution is -2.24. The summed E-state index contributed by atoms with van der Waals surface area (Å²) in [6.45, 7) is 6.39. The largest absolute Gasteiger partial charge is 0.376 e. The van der Waals surface area contributed by atoms with Crippen molar-refractivity contribution >= 4 is 15.9 Å². The van der Waals surface area contributed by atoms with E-state index in [1.54, 1.807) is 0 Å². The maximum atomic E-state index is 5.81. The monoisotopic (exact) mass is 355 g/mol. The summed E-state index contributed by atoms with van der Waals surface area (Å²) in [5, 5.41) is 3.42. The van der Waals surface area contributed by atoms with Crippen molar-refractivity contribution in [3.05, 3.63) is 33.8 Å². The van der Waals surface area contributed by atoms with Gasteiger partial charge >= 0.3 is 0 Å². The van der Waals surface area contributed by atoms with Crippen LogP contribution in [0.15, 0.2) is 22.7 Å². The topological polar surface area (TPSA) is 30.5 Å². The Labute approximate surface area is 136 Å². The molecule has 0 spiro atoms. The van der Waals surface area contributed by atoms with Gasteiger partial charge < -0.3 is 14.8 Å². The predicted molar refractivity (Wildman–Crippen MR) is 89.4 cm³/mol. The summed E-state index contributed by atoms with van der Waals surface area (Å²) in [5.41, 5.74) is 2.50. The van der Waals surface area contributed by atoms with Crippen molar-refractivity contribution in [1.29, 1.82) is 0 Å². The fourth-order valence-corrected chi connectivity index (χ4v) is 3.01. The molecule has 0 aliphatic carbocycles. The number of nitrogens with one attached hydrogen (secondary N) is 1. The summed E-state index contributed by atoms with van der Waals surface area (Å²) < 4.78 is 12.6. The van der Waals surface area contributed by atoms with Crippen LogP contribution in [0.5, 0.6) is 0 Å². The summed E-state index contributed by atoms with van der Waals surface area (Å²) in [4.78, 5) is 0. The molecule has 2 rings (SSSR count). The molecule has 0 radical (unpaired) electrons. The highest BCUT2D eigenvalue weighted by molar-refractivity contribution is 9.10. The van der Waals surface area contributed by atoms with Gasteiger partial charge in [0.25, 0.3) is 0 Å². The minimum atomic E-state index is 0.287. The van der Waals surface area contributed by atoms with Gasteiger partial charge in [0.1, 0.15) is 0 Å². The van der Waals surface area contributed by atoms with E-state index >= 15 is 0 Å². The van der Waals surface area contributed by atoms with Crippen LogP contribution in [0.1, 0.15) is 43.7 Å². The Kier molecular flexibility index (Phi) is 7.72. The van der Waals surface area contributed by atoms with Crippen molar-refractivity contribution in [2.24, 2.45) is 0 Å². The molecule has 21 heavy (non-hydrogen) atoms.